The molecule has 2 aliphatic heterocycles. The fraction of sp³-hybridized carbons (Fsp3) is 0.500. The van der Waals surface area contributed by atoms with Crippen molar-refractivity contribution in [2.24, 2.45) is 0 Å². The molecule has 1 aromatic heterocycles. The number of piperidine rings is 1. The van der Waals surface area contributed by atoms with Crippen molar-refractivity contribution in [1.82, 2.24) is 9.88 Å². The topological polar surface area (TPSA) is 80.9 Å². The van der Waals surface area contributed by atoms with Gasteiger partial charge in [0.15, 0.2) is 0 Å². The lowest BCUT2D eigenvalue weighted by molar-refractivity contribution is -0.0552. The van der Waals surface area contributed by atoms with Crippen LogP contribution in [0.5, 0.6) is 0 Å². The Morgan fingerprint density at radius 1 is 1.22 bits per heavy atom. The third kappa shape index (κ3) is 3.51. The van der Waals surface area contributed by atoms with E-state index in [2.05, 4.69) is 4.98 Å². The highest BCUT2D eigenvalue weighted by Crippen LogP contribution is 2.34. The van der Waals surface area contributed by atoms with E-state index >= 15 is 0 Å². The van der Waals surface area contributed by atoms with Crippen molar-refractivity contribution in [3.05, 3.63) is 36.0 Å². The zero-order valence-corrected chi connectivity index (χ0v) is 15.7. The largest absolute Gasteiger partial charge is 0.458 e. The van der Waals surface area contributed by atoms with Gasteiger partial charge >= 0.3 is 12.1 Å². The highest BCUT2D eigenvalue weighted by atomic mass is 16.6. The number of para-hydroxylation sites is 1. The first-order valence-corrected chi connectivity index (χ1v) is 9.22. The van der Waals surface area contributed by atoms with Gasteiger partial charge in [0.25, 0.3) is 0 Å². The summed E-state index contributed by atoms with van der Waals surface area (Å²) in [4.78, 5) is 29.8. The lowest BCUT2D eigenvalue weighted by Crippen LogP contribution is -2.51. The molecule has 27 heavy (non-hydrogen) atoms. The number of hydrogen-bond donors (Lipinski definition) is 1. The van der Waals surface area contributed by atoms with Gasteiger partial charge in [-0.2, -0.15) is 0 Å². The third-order valence-corrected chi connectivity index (χ3v) is 4.87. The lowest BCUT2D eigenvalue weighted by Gasteiger charge is -2.37. The summed E-state index contributed by atoms with van der Waals surface area (Å²) in [6, 6.07) is 7.47. The maximum atomic E-state index is 12.6. The number of nitrogens with one attached hydrogen (secondary N) is 1. The molecule has 1 N–H and O–H groups in total. The van der Waals surface area contributed by atoms with Crippen LogP contribution in [0.25, 0.3) is 10.9 Å². The van der Waals surface area contributed by atoms with Gasteiger partial charge in [-0.05, 0) is 26.8 Å². The van der Waals surface area contributed by atoms with Crippen LogP contribution in [0.4, 0.5) is 4.79 Å². The van der Waals surface area contributed by atoms with Gasteiger partial charge in [0.05, 0.1) is 18.2 Å². The average Bonchev–Trinajstić information content (AvgIpc) is 3.13. The molecule has 144 valence electrons. The predicted octanol–water partition coefficient (Wildman–Crippen LogP) is 3.45. The molecule has 0 saturated carbocycles. The summed E-state index contributed by atoms with van der Waals surface area (Å²) in [7, 11) is 0. The van der Waals surface area contributed by atoms with Gasteiger partial charge in [-0.25, -0.2) is 9.59 Å². The van der Waals surface area contributed by atoms with Crippen molar-refractivity contribution >= 4 is 23.0 Å². The first kappa shape index (κ1) is 17.9. The van der Waals surface area contributed by atoms with Gasteiger partial charge in [-0.3, -0.25) is 4.90 Å². The van der Waals surface area contributed by atoms with E-state index in [1.165, 1.54) is 0 Å². The Morgan fingerprint density at radius 3 is 2.74 bits per heavy atom. The maximum Gasteiger partial charge on any atom is 0.412 e. The average molecular weight is 372 g/mol. The normalized spacial score (nSPS) is 24.9. The fourth-order valence-electron chi connectivity index (χ4n) is 3.74. The number of aromatic nitrogens is 1. The first-order valence-electron chi connectivity index (χ1n) is 9.22. The van der Waals surface area contributed by atoms with Gasteiger partial charge in [-0.15, -0.1) is 0 Å². The summed E-state index contributed by atoms with van der Waals surface area (Å²) < 4.78 is 16.9. The third-order valence-electron chi connectivity index (χ3n) is 4.87. The molecule has 4 rings (SSSR count). The Balaban J connectivity index is 1.43. The van der Waals surface area contributed by atoms with Crippen molar-refractivity contribution < 1.29 is 23.8 Å². The number of benzene rings is 1. The van der Waals surface area contributed by atoms with Crippen LogP contribution in [0, 0.1) is 0 Å². The van der Waals surface area contributed by atoms with Crippen LogP contribution in [0.15, 0.2) is 30.5 Å². The van der Waals surface area contributed by atoms with Crippen molar-refractivity contribution in [2.75, 3.05) is 6.61 Å². The second-order valence-corrected chi connectivity index (χ2v) is 8.08. The maximum absolute atomic E-state index is 12.6. The number of rotatable bonds is 2. The summed E-state index contributed by atoms with van der Waals surface area (Å²) in [5.74, 6) is -0.359. The standard InChI is InChI=1S/C20H24N2O5/c1-20(2,3)27-19(24)22-12-8-13(9-17(22)25-11-12)26-18(23)15-10-21-16-7-5-4-6-14(15)16/h4-7,10,12-13,17,21H,8-9,11H2,1-3H3. The molecule has 2 saturated heterocycles. The molecule has 2 aliphatic rings. The molecule has 1 aromatic carbocycles. The van der Waals surface area contributed by atoms with Crippen molar-refractivity contribution in [2.45, 2.75) is 57.6 Å². The summed E-state index contributed by atoms with van der Waals surface area (Å²) in [6.07, 6.45) is 1.58. The van der Waals surface area contributed by atoms with Crippen molar-refractivity contribution in [1.29, 1.82) is 0 Å². The monoisotopic (exact) mass is 372 g/mol. The van der Waals surface area contributed by atoms with Crippen LogP contribution in [-0.4, -0.2) is 52.5 Å². The number of nitrogens with zero attached hydrogens (tertiary/aromatic N) is 1. The minimum atomic E-state index is -0.560. The smallest absolute Gasteiger partial charge is 0.412 e. The molecular formula is C20H24N2O5. The van der Waals surface area contributed by atoms with Gasteiger partial charge < -0.3 is 19.2 Å². The Labute approximate surface area is 157 Å². The minimum absolute atomic E-state index is 0.139. The number of fused-ring (bicyclic) bond motifs is 3. The van der Waals surface area contributed by atoms with Crippen LogP contribution in [-0.2, 0) is 14.2 Å². The second-order valence-electron chi connectivity index (χ2n) is 8.08. The molecule has 1 amide bonds. The number of carbonyl (C=O) groups is 2. The number of carbonyl (C=O) groups excluding carboxylic acids is 2. The Kier molecular flexibility index (Phi) is 4.34. The van der Waals surface area contributed by atoms with Gasteiger partial charge in [0.1, 0.15) is 17.9 Å². The van der Waals surface area contributed by atoms with Gasteiger partial charge in [-0.1, -0.05) is 18.2 Å². The SMILES string of the molecule is CC(C)(C)OC(=O)N1C2COC1CC(OC(=O)c1c[nH]c3ccccc13)C2. The quantitative estimate of drug-likeness (QED) is 0.817. The molecule has 3 heterocycles. The van der Waals surface area contributed by atoms with Crippen LogP contribution in [0.1, 0.15) is 44.0 Å². The van der Waals surface area contributed by atoms with E-state index in [1.807, 2.05) is 45.0 Å². The molecular weight excluding hydrogens is 348 g/mol. The Hall–Kier alpha value is -2.54. The second kappa shape index (κ2) is 6.56. The predicted molar refractivity (Wildman–Crippen MR) is 98.3 cm³/mol. The number of ether oxygens (including phenoxy) is 3. The fourth-order valence-corrected chi connectivity index (χ4v) is 3.74. The van der Waals surface area contributed by atoms with E-state index in [0.717, 1.165) is 10.9 Å². The summed E-state index contributed by atoms with van der Waals surface area (Å²) in [5, 5.41) is 0.841. The number of aromatic amines is 1. The Bertz CT molecular complexity index is 855. The molecule has 3 unspecified atom stereocenters. The molecule has 0 spiro atoms. The number of amides is 1. The zero-order chi connectivity index (χ0) is 19.2. The van der Waals surface area contributed by atoms with Crippen LogP contribution >= 0.6 is 0 Å². The summed E-state index contributed by atoms with van der Waals surface area (Å²) >= 11 is 0. The number of H-pyrrole nitrogens is 1. The van der Waals surface area contributed by atoms with E-state index in [4.69, 9.17) is 14.2 Å². The first-order chi connectivity index (χ1) is 12.8. The highest BCUT2D eigenvalue weighted by Gasteiger charge is 2.47. The molecule has 2 aromatic rings. The van der Waals surface area contributed by atoms with E-state index in [1.54, 1.807) is 11.1 Å². The van der Waals surface area contributed by atoms with Crippen LogP contribution in [0.2, 0.25) is 0 Å². The Morgan fingerprint density at radius 2 is 2.00 bits per heavy atom. The highest BCUT2D eigenvalue weighted by molar-refractivity contribution is 6.04. The molecule has 7 heteroatoms. The van der Waals surface area contributed by atoms with Crippen molar-refractivity contribution in [3.8, 4) is 0 Å². The van der Waals surface area contributed by atoms with Gasteiger partial charge in [0, 0.05) is 29.9 Å². The molecule has 3 atom stereocenters. The van der Waals surface area contributed by atoms with E-state index in [0.29, 0.717) is 25.0 Å². The summed E-state index contributed by atoms with van der Waals surface area (Å²) in [6.45, 7) is 5.95. The van der Waals surface area contributed by atoms with Crippen LogP contribution in [0.3, 0.4) is 0 Å². The van der Waals surface area contributed by atoms with Crippen LogP contribution < -0.4 is 0 Å². The lowest BCUT2D eigenvalue weighted by atomic mass is 10.0. The minimum Gasteiger partial charge on any atom is -0.458 e. The molecule has 0 radical (unpaired) electrons. The van der Waals surface area contributed by atoms with Gasteiger partial charge in [0.2, 0.25) is 0 Å². The van der Waals surface area contributed by atoms with E-state index in [9.17, 15) is 9.59 Å². The summed E-state index contributed by atoms with van der Waals surface area (Å²) in [5.41, 5.74) is 0.857. The molecule has 7 nitrogen and oxygen atoms in total. The number of esters is 1. The van der Waals surface area contributed by atoms with E-state index < -0.39 is 11.8 Å². The zero-order valence-electron chi connectivity index (χ0n) is 15.7. The molecule has 2 fully saturated rings. The number of hydrogen-bond acceptors (Lipinski definition) is 5. The van der Waals surface area contributed by atoms with E-state index in [-0.39, 0.29) is 24.2 Å². The molecule has 0 aliphatic carbocycles. The van der Waals surface area contributed by atoms with Crippen molar-refractivity contribution in [3.63, 3.8) is 0 Å². The molecule has 2 bridgehead atoms.